The first-order chi connectivity index (χ1) is 7.52. The van der Waals surface area contributed by atoms with Crippen molar-refractivity contribution in [3.05, 3.63) is 29.8 Å². The van der Waals surface area contributed by atoms with Gasteiger partial charge in [-0.1, -0.05) is 18.1 Å². The van der Waals surface area contributed by atoms with Crippen molar-refractivity contribution in [2.24, 2.45) is 5.73 Å². The van der Waals surface area contributed by atoms with Crippen LogP contribution in [0.1, 0.15) is 5.56 Å². The van der Waals surface area contributed by atoms with Crippen LogP contribution < -0.4 is 5.73 Å². The van der Waals surface area contributed by atoms with Crippen molar-refractivity contribution in [1.82, 2.24) is 4.31 Å². The number of hydrogen-bond donors (Lipinski definition) is 1. The second kappa shape index (κ2) is 5.12. The van der Waals surface area contributed by atoms with Gasteiger partial charge >= 0.3 is 0 Å². The third-order valence-electron chi connectivity index (χ3n) is 2.18. The van der Waals surface area contributed by atoms with Gasteiger partial charge in [0.2, 0.25) is 10.0 Å². The van der Waals surface area contributed by atoms with E-state index in [0.29, 0.717) is 6.54 Å². The molecule has 1 aromatic carbocycles. The maximum atomic E-state index is 11.9. The molecular formula is C11H14N2O2S. The van der Waals surface area contributed by atoms with Crippen molar-refractivity contribution in [2.75, 3.05) is 13.6 Å². The second-order valence-electron chi connectivity index (χ2n) is 3.31. The molecule has 0 bridgehead atoms. The van der Waals surface area contributed by atoms with Gasteiger partial charge in [-0.25, -0.2) is 8.42 Å². The number of nitrogens with zero attached hydrogens (tertiary/aromatic N) is 1. The maximum Gasteiger partial charge on any atom is 0.243 e. The Morgan fingerprint density at radius 1 is 1.38 bits per heavy atom. The Labute approximate surface area is 96.1 Å². The minimum absolute atomic E-state index is 0.0565. The third kappa shape index (κ3) is 2.61. The van der Waals surface area contributed by atoms with E-state index in [1.165, 1.54) is 19.2 Å². The lowest BCUT2D eigenvalue weighted by atomic mass is 10.2. The van der Waals surface area contributed by atoms with Crippen LogP contribution in [0.2, 0.25) is 0 Å². The molecular weight excluding hydrogens is 224 g/mol. The smallest absolute Gasteiger partial charge is 0.243 e. The summed E-state index contributed by atoms with van der Waals surface area (Å²) in [4.78, 5) is 0.224. The number of terminal acetylenes is 1. The lowest BCUT2D eigenvalue weighted by Gasteiger charge is -2.14. The van der Waals surface area contributed by atoms with Crippen molar-refractivity contribution < 1.29 is 8.42 Å². The number of benzene rings is 1. The van der Waals surface area contributed by atoms with Crippen LogP contribution in [0.25, 0.3) is 0 Å². The van der Waals surface area contributed by atoms with Crippen LogP contribution in [0, 0.1) is 12.3 Å². The molecule has 2 N–H and O–H groups in total. The average molecular weight is 238 g/mol. The molecule has 0 heterocycles. The highest BCUT2D eigenvalue weighted by Crippen LogP contribution is 2.14. The Morgan fingerprint density at radius 2 is 1.94 bits per heavy atom. The Morgan fingerprint density at radius 3 is 2.38 bits per heavy atom. The quantitative estimate of drug-likeness (QED) is 0.772. The predicted molar refractivity (Wildman–Crippen MR) is 63.0 cm³/mol. The van der Waals surface area contributed by atoms with Gasteiger partial charge < -0.3 is 5.73 Å². The molecule has 0 radical (unpaired) electrons. The van der Waals surface area contributed by atoms with Crippen LogP contribution in [-0.4, -0.2) is 26.3 Å². The Balaban J connectivity index is 3.04. The predicted octanol–water partition coefficient (Wildman–Crippen LogP) is 0.399. The lowest BCUT2D eigenvalue weighted by Crippen LogP contribution is -2.27. The van der Waals surface area contributed by atoms with Crippen LogP contribution in [0.5, 0.6) is 0 Å². The fourth-order valence-corrected chi connectivity index (χ4v) is 2.28. The van der Waals surface area contributed by atoms with E-state index in [-0.39, 0.29) is 11.4 Å². The Hall–Kier alpha value is -1.35. The molecule has 0 aliphatic carbocycles. The molecule has 0 aliphatic heterocycles. The molecule has 0 saturated heterocycles. The molecule has 0 atom stereocenters. The minimum Gasteiger partial charge on any atom is -0.326 e. The number of hydrogen-bond acceptors (Lipinski definition) is 3. The SMILES string of the molecule is C#CCN(C)S(=O)(=O)c1ccc(CN)cc1. The van der Waals surface area contributed by atoms with Crippen molar-refractivity contribution in [2.45, 2.75) is 11.4 Å². The molecule has 4 nitrogen and oxygen atoms in total. The lowest BCUT2D eigenvalue weighted by molar-refractivity contribution is 0.503. The summed E-state index contributed by atoms with van der Waals surface area (Å²) in [5.41, 5.74) is 6.32. The van der Waals surface area contributed by atoms with Crippen molar-refractivity contribution in [1.29, 1.82) is 0 Å². The van der Waals surface area contributed by atoms with Gasteiger partial charge in [-0.2, -0.15) is 4.31 Å². The van der Waals surface area contributed by atoms with Gasteiger partial charge in [0.05, 0.1) is 11.4 Å². The average Bonchev–Trinajstić information content (AvgIpc) is 2.29. The number of rotatable bonds is 4. The van der Waals surface area contributed by atoms with E-state index < -0.39 is 10.0 Å². The van der Waals surface area contributed by atoms with Gasteiger partial charge in [0.25, 0.3) is 0 Å². The molecule has 0 aromatic heterocycles. The fraction of sp³-hybridized carbons (Fsp3) is 0.273. The van der Waals surface area contributed by atoms with Crippen LogP contribution >= 0.6 is 0 Å². The van der Waals surface area contributed by atoms with E-state index in [1.807, 2.05) is 0 Å². The van der Waals surface area contributed by atoms with Crippen molar-refractivity contribution in [3.63, 3.8) is 0 Å². The van der Waals surface area contributed by atoms with Gasteiger partial charge in [-0.3, -0.25) is 0 Å². The molecule has 86 valence electrons. The zero-order valence-corrected chi connectivity index (χ0v) is 9.87. The minimum atomic E-state index is -3.48. The number of sulfonamides is 1. The normalized spacial score (nSPS) is 11.4. The summed E-state index contributed by atoms with van der Waals surface area (Å²) in [6.45, 7) is 0.446. The van der Waals surface area contributed by atoms with E-state index in [1.54, 1.807) is 12.1 Å². The van der Waals surface area contributed by atoms with Gasteiger partial charge in [0.15, 0.2) is 0 Å². The van der Waals surface area contributed by atoms with Gasteiger partial charge in [-0.05, 0) is 17.7 Å². The molecule has 0 saturated carbocycles. The topological polar surface area (TPSA) is 63.4 Å². The summed E-state index contributed by atoms with van der Waals surface area (Å²) in [5, 5.41) is 0. The molecule has 0 amide bonds. The van der Waals surface area contributed by atoms with Crippen LogP contribution in [0.3, 0.4) is 0 Å². The first-order valence-corrected chi connectivity index (χ1v) is 6.15. The first kappa shape index (κ1) is 12.7. The molecule has 0 aliphatic rings. The van der Waals surface area contributed by atoms with E-state index in [4.69, 9.17) is 12.2 Å². The van der Waals surface area contributed by atoms with Crippen LogP contribution in [-0.2, 0) is 16.6 Å². The highest BCUT2D eigenvalue weighted by atomic mass is 32.2. The third-order valence-corrected chi connectivity index (χ3v) is 4.00. The van der Waals surface area contributed by atoms with E-state index in [2.05, 4.69) is 5.92 Å². The summed E-state index contributed by atoms with van der Waals surface area (Å²) < 4.78 is 25.0. The van der Waals surface area contributed by atoms with E-state index in [9.17, 15) is 8.42 Å². The monoisotopic (exact) mass is 238 g/mol. The van der Waals surface area contributed by atoms with Crippen LogP contribution in [0.15, 0.2) is 29.2 Å². The largest absolute Gasteiger partial charge is 0.326 e. The maximum absolute atomic E-state index is 11.9. The van der Waals surface area contributed by atoms with Gasteiger partial charge in [0, 0.05) is 13.6 Å². The Kier molecular flexibility index (Phi) is 4.07. The highest BCUT2D eigenvalue weighted by Gasteiger charge is 2.19. The fourth-order valence-electron chi connectivity index (χ4n) is 1.19. The molecule has 16 heavy (non-hydrogen) atoms. The molecule has 1 aromatic rings. The van der Waals surface area contributed by atoms with E-state index >= 15 is 0 Å². The highest BCUT2D eigenvalue weighted by molar-refractivity contribution is 7.89. The van der Waals surface area contributed by atoms with Crippen molar-refractivity contribution in [3.8, 4) is 12.3 Å². The first-order valence-electron chi connectivity index (χ1n) is 4.71. The summed E-state index contributed by atoms with van der Waals surface area (Å²) in [6, 6.07) is 6.45. The molecule has 5 heteroatoms. The summed E-state index contributed by atoms with van der Waals surface area (Å²) in [7, 11) is -2.03. The molecule has 0 spiro atoms. The molecule has 0 fully saturated rings. The second-order valence-corrected chi connectivity index (χ2v) is 5.36. The molecule has 0 unspecified atom stereocenters. The van der Waals surface area contributed by atoms with Gasteiger partial charge in [-0.15, -0.1) is 6.42 Å². The van der Waals surface area contributed by atoms with Crippen molar-refractivity contribution >= 4 is 10.0 Å². The zero-order chi connectivity index (χ0) is 12.2. The van der Waals surface area contributed by atoms with Crippen LogP contribution in [0.4, 0.5) is 0 Å². The van der Waals surface area contributed by atoms with E-state index in [0.717, 1.165) is 9.87 Å². The summed E-state index contributed by atoms with van der Waals surface area (Å²) in [5.74, 6) is 2.29. The Bertz CT molecular complexity index is 486. The van der Waals surface area contributed by atoms with Gasteiger partial charge in [0.1, 0.15) is 0 Å². The summed E-state index contributed by atoms with van der Waals surface area (Å²) in [6.07, 6.45) is 5.08. The summed E-state index contributed by atoms with van der Waals surface area (Å²) >= 11 is 0. The molecule has 1 rings (SSSR count). The standard InChI is InChI=1S/C11H14N2O2S/c1-3-8-13(2)16(14,15)11-6-4-10(9-12)5-7-11/h1,4-7H,8-9,12H2,2H3. The number of nitrogens with two attached hydrogens (primary N) is 1. The zero-order valence-electron chi connectivity index (χ0n) is 9.05.